The van der Waals surface area contributed by atoms with Crippen molar-refractivity contribution in [2.75, 3.05) is 7.05 Å². The van der Waals surface area contributed by atoms with E-state index in [0.717, 1.165) is 31.0 Å². The number of benzene rings is 1. The highest BCUT2D eigenvalue weighted by Crippen LogP contribution is 2.09. The molecule has 0 unspecified atom stereocenters. The standard InChI is InChI=1S/C16H21N5/c1-13(2)9-21-16(18-12-19-21)11-20(3)10-15-6-4-5-14(7-15)8-17/h4-7,12-13H,9-11H2,1-3H3. The van der Waals surface area contributed by atoms with Crippen LogP contribution >= 0.6 is 0 Å². The van der Waals surface area contributed by atoms with Crippen LogP contribution in [-0.2, 0) is 19.6 Å². The average molecular weight is 283 g/mol. The fraction of sp³-hybridized carbons (Fsp3) is 0.438. The topological polar surface area (TPSA) is 57.7 Å². The van der Waals surface area contributed by atoms with Crippen molar-refractivity contribution in [3.05, 3.63) is 47.5 Å². The van der Waals surface area contributed by atoms with Crippen molar-refractivity contribution < 1.29 is 0 Å². The van der Waals surface area contributed by atoms with E-state index in [2.05, 4.69) is 34.9 Å². The Morgan fingerprint density at radius 3 is 2.86 bits per heavy atom. The van der Waals surface area contributed by atoms with E-state index in [4.69, 9.17) is 5.26 Å². The van der Waals surface area contributed by atoms with Crippen molar-refractivity contribution in [2.24, 2.45) is 5.92 Å². The summed E-state index contributed by atoms with van der Waals surface area (Å²) in [5, 5.41) is 13.2. The summed E-state index contributed by atoms with van der Waals surface area (Å²) < 4.78 is 1.97. The molecule has 2 rings (SSSR count). The molecule has 1 aromatic heterocycles. The van der Waals surface area contributed by atoms with E-state index in [1.165, 1.54) is 0 Å². The Morgan fingerprint density at radius 1 is 1.33 bits per heavy atom. The molecule has 0 N–H and O–H groups in total. The Labute approximate surface area is 125 Å². The van der Waals surface area contributed by atoms with Crippen LogP contribution < -0.4 is 0 Å². The van der Waals surface area contributed by atoms with E-state index >= 15 is 0 Å². The molecule has 0 fully saturated rings. The van der Waals surface area contributed by atoms with Gasteiger partial charge in [-0.05, 0) is 30.7 Å². The number of hydrogen-bond acceptors (Lipinski definition) is 4. The van der Waals surface area contributed by atoms with Gasteiger partial charge < -0.3 is 0 Å². The van der Waals surface area contributed by atoms with E-state index in [-0.39, 0.29) is 0 Å². The van der Waals surface area contributed by atoms with Crippen molar-refractivity contribution in [3.8, 4) is 6.07 Å². The van der Waals surface area contributed by atoms with Gasteiger partial charge in [0, 0.05) is 13.1 Å². The molecule has 21 heavy (non-hydrogen) atoms. The van der Waals surface area contributed by atoms with Gasteiger partial charge >= 0.3 is 0 Å². The van der Waals surface area contributed by atoms with E-state index in [0.29, 0.717) is 11.5 Å². The molecule has 2 aromatic rings. The number of hydrogen-bond donors (Lipinski definition) is 0. The molecule has 0 radical (unpaired) electrons. The second kappa shape index (κ2) is 7.00. The van der Waals surface area contributed by atoms with Crippen LogP contribution in [0.3, 0.4) is 0 Å². The third kappa shape index (κ3) is 4.40. The molecule has 0 spiro atoms. The average Bonchev–Trinajstić information content (AvgIpc) is 2.85. The smallest absolute Gasteiger partial charge is 0.141 e. The van der Waals surface area contributed by atoms with Crippen LogP contribution in [0.1, 0.15) is 30.8 Å². The first-order valence-electron chi connectivity index (χ1n) is 7.12. The minimum Gasteiger partial charge on any atom is -0.295 e. The van der Waals surface area contributed by atoms with Crippen molar-refractivity contribution in [1.29, 1.82) is 5.26 Å². The summed E-state index contributed by atoms with van der Waals surface area (Å²) in [5.74, 6) is 1.52. The van der Waals surface area contributed by atoms with Crippen LogP contribution in [0.25, 0.3) is 0 Å². The van der Waals surface area contributed by atoms with Gasteiger partial charge in [0.2, 0.25) is 0 Å². The van der Waals surface area contributed by atoms with Crippen LogP contribution in [0.4, 0.5) is 0 Å². The largest absolute Gasteiger partial charge is 0.295 e. The van der Waals surface area contributed by atoms with Crippen molar-refractivity contribution >= 4 is 0 Å². The van der Waals surface area contributed by atoms with E-state index in [9.17, 15) is 0 Å². The zero-order valence-corrected chi connectivity index (χ0v) is 12.8. The van der Waals surface area contributed by atoms with Gasteiger partial charge in [-0.25, -0.2) is 9.67 Å². The summed E-state index contributed by atoms with van der Waals surface area (Å²) in [6, 6.07) is 9.88. The van der Waals surface area contributed by atoms with Crippen LogP contribution in [0.2, 0.25) is 0 Å². The Bertz CT molecular complexity index is 624. The molecular formula is C16H21N5. The lowest BCUT2D eigenvalue weighted by Crippen LogP contribution is -2.21. The highest BCUT2D eigenvalue weighted by molar-refractivity contribution is 5.32. The zero-order valence-electron chi connectivity index (χ0n) is 12.8. The number of aromatic nitrogens is 3. The lowest BCUT2D eigenvalue weighted by atomic mass is 10.1. The van der Waals surface area contributed by atoms with Crippen molar-refractivity contribution in [1.82, 2.24) is 19.7 Å². The first-order valence-corrected chi connectivity index (χ1v) is 7.12. The van der Waals surface area contributed by atoms with Gasteiger partial charge in [0.05, 0.1) is 18.2 Å². The van der Waals surface area contributed by atoms with Crippen LogP contribution in [0, 0.1) is 17.2 Å². The normalized spacial score (nSPS) is 11.0. The second-order valence-electron chi connectivity index (χ2n) is 5.74. The molecule has 110 valence electrons. The number of nitriles is 1. The summed E-state index contributed by atoms with van der Waals surface area (Å²) in [4.78, 5) is 6.52. The first kappa shape index (κ1) is 15.2. The molecule has 0 aliphatic rings. The predicted octanol–water partition coefficient (Wildman–Crippen LogP) is 2.44. The third-order valence-corrected chi connectivity index (χ3v) is 3.15. The molecular weight excluding hydrogens is 262 g/mol. The van der Waals surface area contributed by atoms with Gasteiger partial charge in [0.15, 0.2) is 0 Å². The number of rotatable bonds is 6. The second-order valence-corrected chi connectivity index (χ2v) is 5.74. The first-order chi connectivity index (χ1) is 10.1. The van der Waals surface area contributed by atoms with Gasteiger partial charge in [0.1, 0.15) is 12.2 Å². The van der Waals surface area contributed by atoms with E-state index in [1.54, 1.807) is 6.33 Å². The maximum atomic E-state index is 8.94. The van der Waals surface area contributed by atoms with Crippen LogP contribution in [0.5, 0.6) is 0 Å². The molecule has 1 aromatic carbocycles. The Morgan fingerprint density at radius 2 is 2.14 bits per heavy atom. The molecule has 0 aliphatic heterocycles. The zero-order chi connectivity index (χ0) is 15.2. The van der Waals surface area contributed by atoms with Crippen LogP contribution in [-0.4, -0.2) is 26.7 Å². The molecule has 5 heteroatoms. The molecule has 0 amide bonds. The summed E-state index contributed by atoms with van der Waals surface area (Å²) in [6.07, 6.45) is 1.61. The Balaban J connectivity index is 2.00. The quantitative estimate of drug-likeness (QED) is 0.817. The minimum absolute atomic E-state index is 0.545. The Kier molecular flexibility index (Phi) is 5.07. The van der Waals surface area contributed by atoms with Gasteiger partial charge in [0.25, 0.3) is 0 Å². The molecule has 0 saturated carbocycles. The summed E-state index contributed by atoms with van der Waals surface area (Å²) in [7, 11) is 2.05. The van der Waals surface area contributed by atoms with Gasteiger partial charge in [-0.2, -0.15) is 10.4 Å². The van der Waals surface area contributed by atoms with Gasteiger partial charge in [-0.1, -0.05) is 26.0 Å². The summed E-state index contributed by atoms with van der Waals surface area (Å²) in [6.45, 7) is 6.74. The third-order valence-electron chi connectivity index (χ3n) is 3.15. The van der Waals surface area contributed by atoms with E-state index < -0.39 is 0 Å². The Hall–Kier alpha value is -2.19. The lowest BCUT2D eigenvalue weighted by Gasteiger charge is -2.17. The maximum absolute atomic E-state index is 8.94. The molecule has 0 saturated heterocycles. The fourth-order valence-electron chi connectivity index (χ4n) is 2.26. The molecule has 0 atom stereocenters. The molecule has 1 heterocycles. The summed E-state index contributed by atoms with van der Waals surface area (Å²) in [5.41, 5.74) is 1.83. The number of nitrogens with zero attached hydrogens (tertiary/aromatic N) is 5. The predicted molar refractivity (Wildman–Crippen MR) is 81.2 cm³/mol. The van der Waals surface area contributed by atoms with Crippen LogP contribution in [0.15, 0.2) is 30.6 Å². The lowest BCUT2D eigenvalue weighted by molar-refractivity contribution is 0.298. The monoisotopic (exact) mass is 283 g/mol. The van der Waals surface area contributed by atoms with E-state index in [1.807, 2.05) is 36.0 Å². The molecule has 0 bridgehead atoms. The van der Waals surface area contributed by atoms with Gasteiger partial charge in [-0.15, -0.1) is 0 Å². The van der Waals surface area contributed by atoms with Crippen molar-refractivity contribution in [3.63, 3.8) is 0 Å². The maximum Gasteiger partial charge on any atom is 0.141 e. The SMILES string of the molecule is CC(C)Cn1ncnc1CN(C)Cc1cccc(C#N)c1. The highest BCUT2D eigenvalue weighted by atomic mass is 15.3. The molecule has 0 aliphatic carbocycles. The van der Waals surface area contributed by atoms with Crippen molar-refractivity contribution in [2.45, 2.75) is 33.5 Å². The minimum atomic E-state index is 0.545. The van der Waals surface area contributed by atoms with Gasteiger partial charge in [-0.3, -0.25) is 4.90 Å². The fourth-order valence-corrected chi connectivity index (χ4v) is 2.26. The highest BCUT2D eigenvalue weighted by Gasteiger charge is 2.09. The molecule has 5 nitrogen and oxygen atoms in total. The summed E-state index contributed by atoms with van der Waals surface area (Å²) >= 11 is 0.